The molecule has 1 atom stereocenters. The van der Waals surface area contributed by atoms with Crippen LogP contribution in [0.2, 0.25) is 0 Å². The summed E-state index contributed by atoms with van der Waals surface area (Å²) in [4.78, 5) is 2.62. The molecule has 0 radical (unpaired) electrons. The van der Waals surface area contributed by atoms with Crippen LogP contribution in [0.15, 0.2) is 24.3 Å². The molecule has 1 aromatic rings. The Morgan fingerprint density at radius 2 is 2.11 bits per heavy atom. The van der Waals surface area contributed by atoms with Crippen molar-refractivity contribution in [2.45, 2.75) is 45.2 Å². The average molecular weight is 244 g/mol. The SMILES string of the molecule is CCC1(C)CN(CC2CC2)c2ccccc2CN1. The lowest BCUT2D eigenvalue weighted by molar-refractivity contribution is 0.348. The zero-order valence-electron chi connectivity index (χ0n) is 11.6. The van der Waals surface area contributed by atoms with E-state index in [1.165, 1.54) is 37.1 Å². The van der Waals surface area contributed by atoms with E-state index in [4.69, 9.17) is 0 Å². The summed E-state index contributed by atoms with van der Waals surface area (Å²) in [6, 6.07) is 8.89. The summed E-state index contributed by atoms with van der Waals surface area (Å²) in [5, 5.41) is 3.75. The molecule has 1 N–H and O–H groups in total. The van der Waals surface area contributed by atoms with Gasteiger partial charge in [0.25, 0.3) is 0 Å². The van der Waals surface area contributed by atoms with Crippen LogP contribution in [-0.4, -0.2) is 18.6 Å². The molecule has 1 unspecified atom stereocenters. The van der Waals surface area contributed by atoms with Crippen molar-refractivity contribution in [2.24, 2.45) is 5.92 Å². The first kappa shape index (κ1) is 12.0. The van der Waals surface area contributed by atoms with E-state index < -0.39 is 0 Å². The van der Waals surface area contributed by atoms with E-state index >= 15 is 0 Å². The lowest BCUT2D eigenvalue weighted by Gasteiger charge is -2.34. The molecule has 3 rings (SSSR count). The first-order valence-corrected chi connectivity index (χ1v) is 7.28. The molecular weight excluding hydrogens is 220 g/mol. The van der Waals surface area contributed by atoms with E-state index in [1.54, 1.807) is 0 Å². The molecule has 98 valence electrons. The lowest BCUT2D eigenvalue weighted by Crippen LogP contribution is -2.49. The highest BCUT2D eigenvalue weighted by atomic mass is 15.2. The first-order chi connectivity index (χ1) is 8.70. The maximum atomic E-state index is 3.75. The van der Waals surface area contributed by atoms with Gasteiger partial charge in [0.1, 0.15) is 0 Å². The van der Waals surface area contributed by atoms with Crippen molar-refractivity contribution in [3.63, 3.8) is 0 Å². The van der Waals surface area contributed by atoms with E-state index in [9.17, 15) is 0 Å². The zero-order chi connectivity index (χ0) is 12.6. The van der Waals surface area contributed by atoms with Crippen LogP contribution in [0.3, 0.4) is 0 Å². The van der Waals surface area contributed by atoms with Crippen molar-refractivity contribution in [3.8, 4) is 0 Å². The summed E-state index contributed by atoms with van der Waals surface area (Å²) in [6.45, 7) is 8.03. The van der Waals surface area contributed by atoms with Crippen LogP contribution >= 0.6 is 0 Å². The third kappa shape index (κ3) is 2.39. The summed E-state index contributed by atoms with van der Waals surface area (Å²) < 4.78 is 0. The molecule has 0 saturated heterocycles. The fourth-order valence-electron chi connectivity index (χ4n) is 2.85. The van der Waals surface area contributed by atoms with Crippen molar-refractivity contribution in [1.82, 2.24) is 5.32 Å². The van der Waals surface area contributed by atoms with Crippen LogP contribution in [0.5, 0.6) is 0 Å². The second kappa shape index (κ2) is 4.58. The maximum absolute atomic E-state index is 3.75. The number of anilines is 1. The highest BCUT2D eigenvalue weighted by Gasteiger charge is 2.32. The molecule has 0 bridgehead atoms. The molecule has 18 heavy (non-hydrogen) atoms. The molecule has 1 fully saturated rings. The van der Waals surface area contributed by atoms with Gasteiger partial charge in [-0.1, -0.05) is 25.1 Å². The maximum Gasteiger partial charge on any atom is 0.0412 e. The van der Waals surface area contributed by atoms with Crippen LogP contribution in [0.1, 0.15) is 38.7 Å². The topological polar surface area (TPSA) is 15.3 Å². The van der Waals surface area contributed by atoms with Crippen LogP contribution < -0.4 is 10.2 Å². The van der Waals surface area contributed by atoms with Crippen LogP contribution in [0.25, 0.3) is 0 Å². The summed E-state index contributed by atoms with van der Waals surface area (Å²) in [5.74, 6) is 0.942. The largest absolute Gasteiger partial charge is 0.369 e. The first-order valence-electron chi connectivity index (χ1n) is 7.28. The number of rotatable bonds is 3. The molecule has 0 aromatic heterocycles. The van der Waals surface area contributed by atoms with Gasteiger partial charge in [0, 0.05) is 30.9 Å². The number of nitrogens with one attached hydrogen (secondary N) is 1. The highest BCUT2D eigenvalue weighted by Crippen LogP contribution is 2.34. The van der Waals surface area contributed by atoms with Gasteiger partial charge in [0.15, 0.2) is 0 Å². The van der Waals surface area contributed by atoms with Gasteiger partial charge < -0.3 is 10.2 Å². The van der Waals surface area contributed by atoms with Gasteiger partial charge in [-0.15, -0.1) is 0 Å². The molecule has 1 heterocycles. The Labute approximate surface area is 110 Å². The molecule has 1 aliphatic heterocycles. The smallest absolute Gasteiger partial charge is 0.0412 e. The Kier molecular flexibility index (Phi) is 3.06. The van der Waals surface area contributed by atoms with Gasteiger partial charge in [-0.3, -0.25) is 0 Å². The monoisotopic (exact) mass is 244 g/mol. The molecule has 2 nitrogen and oxygen atoms in total. The fourth-order valence-corrected chi connectivity index (χ4v) is 2.85. The van der Waals surface area contributed by atoms with Gasteiger partial charge in [-0.2, -0.15) is 0 Å². The number of hydrogen-bond donors (Lipinski definition) is 1. The van der Waals surface area contributed by atoms with Crippen LogP contribution in [0, 0.1) is 5.92 Å². The van der Waals surface area contributed by atoms with E-state index in [0.29, 0.717) is 0 Å². The number of benzene rings is 1. The third-order valence-electron chi connectivity index (χ3n) is 4.53. The van der Waals surface area contributed by atoms with E-state index in [1.807, 2.05) is 0 Å². The molecule has 2 heteroatoms. The third-order valence-corrected chi connectivity index (χ3v) is 4.53. The Bertz CT molecular complexity index is 425. The summed E-state index contributed by atoms with van der Waals surface area (Å²) in [6.07, 6.45) is 4.03. The Morgan fingerprint density at radius 3 is 2.83 bits per heavy atom. The van der Waals surface area contributed by atoms with E-state index in [-0.39, 0.29) is 5.54 Å². The van der Waals surface area contributed by atoms with Gasteiger partial charge in [0.05, 0.1) is 0 Å². The Balaban J connectivity index is 1.90. The number of hydrogen-bond acceptors (Lipinski definition) is 2. The number of fused-ring (bicyclic) bond motifs is 1. The average Bonchev–Trinajstić information content (AvgIpc) is 3.20. The highest BCUT2D eigenvalue weighted by molar-refractivity contribution is 5.55. The predicted molar refractivity (Wildman–Crippen MR) is 76.9 cm³/mol. The summed E-state index contributed by atoms with van der Waals surface area (Å²) >= 11 is 0. The Hall–Kier alpha value is -1.02. The van der Waals surface area contributed by atoms with Crippen molar-refractivity contribution >= 4 is 5.69 Å². The van der Waals surface area contributed by atoms with Crippen molar-refractivity contribution in [2.75, 3.05) is 18.0 Å². The molecule has 1 aromatic carbocycles. The molecule has 1 saturated carbocycles. The number of nitrogens with zero attached hydrogens (tertiary/aromatic N) is 1. The van der Waals surface area contributed by atoms with Gasteiger partial charge in [0.2, 0.25) is 0 Å². The minimum absolute atomic E-state index is 0.244. The van der Waals surface area contributed by atoms with Crippen molar-refractivity contribution < 1.29 is 0 Å². The van der Waals surface area contributed by atoms with E-state index in [0.717, 1.165) is 19.0 Å². The zero-order valence-corrected chi connectivity index (χ0v) is 11.6. The second-order valence-electron chi connectivity index (χ2n) is 6.22. The van der Waals surface area contributed by atoms with Crippen molar-refractivity contribution in [1.29, 1.82) is 0 Å². The second-order valence-corrected chi connectivity index (χ2v) is 6.22. The van der Waals surface area contributed by atoms with Gasteiger partial charge in [-0.05, 0) is 43.7 Å². The summed E-state index contributed by atoms with van der Waals surface area (Å²) in [7, 11) is 0. The predicted octanol–water partition coefficient (Wildman–Crippen LogP) is 3.17. The van der Waals surface area contributed by atoms with E-state index in [2.05, 4.69) is 48.3 Å². The normalized spacial score (nSPS) is 27.8. The molecular formula is C16H24N2. The van der Waals surface area contributed by atoms with Crippen LogP contribution in [0.4, 0.5) is 5.69 Å². The molecule has 2 aliphatic rings. The van der Waals surface area contributed by atoms with Crippen molar-refractivity contribution in [3.05, 3.63) is 29.8 Å². The fraction of sp³-hybridized carbons (Fsp3) is 0.625. The van der Waals surface area contributed by atoms with Gasteiger partial charge in [-0.25, -0.2) is 0 Å². The standard InChI is InChI=1S/C16H24N2/c1-3-16(2)12-18(11-13-8-9-13)15-7-5-4-6-14(15)10-17-16/h4-7,13,17H,3,8-12H2,1-2H3. The molecule has 0 spiro atoms. The minimum atomic E-state index is 0.244. The molecule has 0 amide bonds. The molecule has 1 aliphatic carbocycles. The minimum Gasteiger partial charge on any atom is -0.369 e. The Morgan fingerprint density at radius 1 is 1.33 bits per heavy atom. The van der Waals surface area contributed by atoms with Gasteiger partial charge >= 0.3 is 0 Å². The lowest BCUT2D eigenvalue weighted by atomic mass is 9.98. The summed E-state index contributed by atoms with van der Waals surface area (Å²) in [5.41, 5.74) is 3.15. The quantitative estimate of drug-likeness (QED) is 0.878. The number of para-hydroxylation sites is 1. The van der Waals surface area contributed by atoms with Crippen LogP contribution in [-0.2, 0) is 6.54 Å².